The zero-order chi connectivity index (χ0) is 20.6. The van der Waals surface area contributed by atoms with Gasteiger partial charge in [-0.05, 0) is 49.2 Å². The number of rotatable bonds is 6. The number of fused-ring (bicyclic) bond motifs is 1. The summed E-state index contributed by atoms with van der Waals surface area (Å²) in [6, 6.07) is 10.7. The predicted molar refractivity (Wildman–Crippen MR) is 120 cm³/mol. The van der Waals surface area contributed by atoms with E-state index in [0.717, 1.165) is 41.6 Å². The predicted octanol–water partition coefficient (Wildman–Crippen LogP) is 3.51. The van der Waals surface area contributed by atoms with E-state index >= 15 is 0 Å². The van der Waals surface area contributed by atoms with Gasteiger partial charge in [0.15, 0.2) is 0 Å². The van der Waals surface area contributed by atoms with E-state index in [1.807, 2.05) is 25.1 Å². The van der Waals surface area contributed by atoms with Gasteiger partial charge in [0.25, 0.3) is 10.0 Å². The third kappa shape index (κ3) is 4.57. The molecule has 4 rings (SSSR count). The van der Waals surface area contributed by atoms with Crippen molar-refractivity contribution >= 4 is 39.1 Å². The largest absolute Gasteiger partial charge is 0.495 e. The number of nitrogens with two attached hydrogens (primary N) is 1. The van der Waals surface area contributed by atoms with Gasteiger partial charge in [0, 0.05) is 36.6 Å². The maximum Gasteiger partial charge on any atom is 0.265 e. The lowest BCUT2D eigenvalue weighted by Crippen LogP contribution is -2.26. The Labute approximate surface area is 182 Å². The van der Waals surface area contributed by atoms with E-state index in [9.17, 15) is 8.42 Å². The number of anilines is 1. The lowest BCUT2D eigenvalue weighted by atomic mass is 10.1. The van der Waals surface area contributed by atoms with E-state index in [4.69, 9.17) is 14.9 Å². The minimum atomic E-state index is -3.82. The number of ether oxygens (including phenoxy) is 1. The molecule has 30 heavy (non-hydrogen) atoms. The first-order chi connectivity index (χ1) is 13.9. The van der Waals surface area contributed by atoms with Crippen LogP contribution in [0.5, 0.6) is 5.75 Å². The van der Waals surface area contributed by atoms with Gasteiger partial charge in [-0.25, -0.2) is 8.42 Å². The van der Waals surface area contributed by atoms with E-state index in [1.54, 1.807) is 24.5 Å². The highest BCUT2D eigenvalue weighted by atomic mass is 35.5. The highest BCUT2D eigenvalue weighted by Gasteiger charge is 2.23. The van der Waals surface area contributed by atoms with Gasteiger partial charge in [0.05, 0.1) is 19.1 Å². The lowest BCUT2D eigenvalue weighted by molar-refractivity contribution is 0.326. The first kappa shape index (κ1) is 22.4. The van der Waals surface area contributed by atoms with Crippen molar-refractivity contribution in [1.82, 2.24) is 4.90 Å². The van der Waals surface area contributed by atoms with Crippen LogP contribution < -0.4 is 15.2 Å². The number of hydrogen-bond donors (Lipinski definition) is 2. The Hall–Kier alpha value is -2.26. The molecule has 0 radical (unpaired) electrons. The van der Waals surface area contributed by atoms with Crippen LogP contribution in [-0.4, -0.2) is 39.6 Å². The van der Waals surface area contributed by atoms with Gasteiger partial charge in [-0.3, -0.25) is 9.62 Å². The number of furan rings is 1. The Morgan fingerprint density at radius 3 is 2.77 bits per heavy atom. The Morgan fingerprint density at radius 2 is 2.07 bits per heavy atom. The van der Waals surface area contributed by atoms with Crippen LogP contribution in [0.1, 0.15) is 17.5 Å². The summed E-state index contributed by atoms with van der Waals surface area (Å²) < 4.78 is 39.7. The van der Waals surface area contributed by atoms with Crippen LogP contribution in [0.2, 0.25) is 0 Å². The standard InChI is InChI=1S/C21H25N3O4S.ClH/c1-14-3-4-19(27-2)20(9-14)29(25,26)23-18-10-15-6-8-28-21(15)16(11-18)12-24-7-5-17(22)13-24;/h3-4,6,8-11,17,23H,5,7,12-13,22H2,1-2H3;1H. The lowest BCUT2D eigenvalue weighted by Gasteiger charge is -2.17. The number of benzene rings is 2. The smallest absolute Gasteiger partial charge is 0.265 e. The second kappa shape index (κ2) is 8.85. The highest BCUT2D eigenvalue weighted by Crippen LogP contribution is 2.31. The van der Waals surface area contributed by atoms with Crippen LogP contribution in [0.4, 0.5) is 5.69 Å². The third-order valence-corrected chi connectivity index (χ3v) is 6.59. The second-order valence-electron chi connectivity index (χ2n) is 7.52. The van der Waals surface area contributed by atoms with Gasteiger partial charge in [0.2, 0.25) is 0 Å². The van der Waals surface area contributed by atoms with Crippen molar-refractivity contribution in [3.8, 4) is 5.75 Å². The zero-order valence-corrected chi connectivity index (χ0v) is 18.6. The number of halogens is 1. The van der Waals surface area contributed by atoms with E-state index in [1.165, 1.54) is 7.11 Å². The summed E-state index contributed by atoms with van der Waals surface area (Å²) in [5.74, 6) is 0.304. The number of aryl methyl sites for hydroxylation is 1. The molecule has 1 atom stereocenters. The highest BCUT2D eigenvalue weighted by molar-refractivity contribution is 7.92. The number of sulfonamides is 1. The van der Waals surface area contributed by atoms with Crippen LogP contribution >= 0.6 is 12.4 Å². The van der Waals surface area contributed by atoms with Crippen molar-refractivity contribution in [3.63, 3.8) is 0 Å². The van der Waals surface area contributed by atoms with Crippen molar-refractivity contribution in [2.75, 3.05) is 24.9 Å². The Morgan fingerprint density at radius 1 is 1.27 bits per heavy atom. The monoisotopic (exact) mass is 451 g/mol. The third-order valence-electron chi connectivity index (χ3n) is 5.19. The number of methoxy groups -OCH3 is 1. The molecule has 0 saturated carbocycles. The maximum absolute atomic E-state index is 13.1. The average Bonchev–Trinajstić information content (AvgIpc) is 3.30. The number of hydrogen-bond acceptors (Lipinski definition) is 6. The van der Waals surface area contributed by atoms with Crippen molar-refractivity contribution in [1.29, 1.82) is 0 Å². The quantitative estimate of drug-likeness (QED) is 0.595. The molecule has 2 aromatic carbocycles. The van der Waals surface area contributed by atoms with Gasteiger partial charge >= 0.3 is 0 Å². The fourth-order valence-electron chi connectivity index (χ4n) is 3.78. The molecular weight excluding hydrogens is 426 g/mol. The van der Waals surface area contributed by atoms with E-state index in [-0.39, 0.29) is 23.3 Å². The summed E-state index contributed by atoms with van der Waals surface area (Å²) in [5.41, 5.74) is 9.03. The topological polar surface area (TPSA) is 97.8 Å². The van der Waals surface area contributed by atoms with Gasteiger partial charge < -0.3 is 14.9 Å². The molecule has 162 valence electrons. The molecule has 9 heteroatoms. The fraction of sp³-hybridized carbons (Fsp3) is 0.333. The SMILES string of the molecule is COc1ccc(C)cc1S(=O)(=O)Nc1cc(CN2CCC(N)C2)c2occc2c1.Cl. The van der Waals surface area contributed by atoms with Gasteiger partial charge in [0.1, 0.15) is 16.2 Å². The Bertz CT molecular complexity index is 1150. The summed E-state index contributed by atoms with van der Waals surface area (Å²) >= 11 is 0. The van der Waals surface area contributed by atoms with Crippen molar-refractivity contribution in [2.45, 2.75) is 30.8 Å². The van der Waals surface area contributed by atoms with E-state index in [0.29, 0.717) is 18.0 Å². The molecule has 1 aromatic heterocycles. The summed E-state index contributed by atoms with van der Waals surface area (Å²) in [6.45, 7) is 4.23. The summed E-state index contributed by atoms with van der Waals surface area (Å²) in [6.07, 6.45) is 2.58. The minimum absolute atomic E-state index is 0. The normalized spacial score (nSPS) is 17.1. The average molecular weight is 452 g/mol. The Kier molecular flexibility index (Phi) is 6.62. The molecule has 1 fully saturated rings. The molecular formula is C21H26ClN3O4S. The molecule has 1 aliphatic rings. The van der Waals surface area contributed by atoms with Crippen molar-refractivity contribution in [2.24, 2.45) is 5.73 Å². The van der Waals surface area contributed by atoms with E-state index in [2.05, 4.69) is 9.62 Å². The fourth-order valence-corrected chi connectivity index (χ4v) is 5.08. The molecule has 0 bridgehead atoms. The zero-order valence-electron chi connectivity index (χ0n) is 16.9. The Balaban J connectivity index is 0.00000256. The van der Waals surface area contributed by atoms with Crippen LogP contribution in [0.25, 0.3) is 11.0 Å². The van der Waals surface area contributed by atoms with Crippen LogP contribution in [0.3, 0.4) is 0 Å². The molecule has 2 heterocycles. The molecule has 3 N–H and O–H groups in total. The number of nitrogens with zero attached hydrogens (tertiary/aromatic N) is 1. The van der Waals surface area contributed by atoms with Gasteiger partial charge in [-0.15, -0.1) is 12.4 Å². The van der Waals surface area contributed by atoms with Gasteiger partial charge in [-0.1, -0.05) is 6.07 Å². The molecule has 1 saturated heterocycles. The first-order valence-corrected chi connectivity index (χ1v) is 11.0. The van der Waals surface area contributed by atoms with Crippen LogP contribution in [0.15, 0.2) is 52.0 Å². The summed E-state index contributed by atoms with van der Waals surface area (Å²) in [4.78, 5) is 2.36. The maximum atomic E-state index is 13.1. The van der Waals surface area contributed by atoms with Gasteiger partial charge in [-0.2, -0.15) is 0 Å². The molecule has 0 aliphatic carbocycles. The van der Waals surface area contributed by atoms with E-state index < -0.39 is 10.0 Å². The summed E-state index contributed by atoms with van der Waals surface area (Å²) in [7, 11) is -2.36. The molecule has 0 amide bonds. The van der Waals surface area contributed by atoms with Crippen molar-refractivity contribution < 1.29 is 17.6 Å². The first-order valence-electron chi connectivity index (χ1n) is 9.51. The number of nitrogens with one attached hydrogen (secondary N) is 1. The molecule has 7 nitrogen and oxygen atoms in total. The summed E-state index contributed by atoms with van der Waals surface area (Å²) in [5, 5.41) is 0.847. The molecule has 1 unspecified atom stereocenters. The second-order valence-corrected chi connectivity index (χ2v) is 9.17. The molecule has 0 spiro atoms. The number of likely N-dealkylation sites (tertiary alicyclic amines) is 1. The molecule has 1 aliphatic heterocycles. The van der Waals surface area contributed by atoms with Crippen LogP contribution in [0, 0.1) is 6.92 Å². The van der Waals surface area contributed by atoms with Crippen LogP contribution in [-0.2, 0) is 16.6 Å². The van der Waals surface area contributed by atoms with Crippen molar-refractivity contribution in [3.05, 3.63) is 53.8 Å². The molecule has 3 aromatic rings. The minimum Gasteiger partial charge on any atom is -0.495 e.